The number of aromatic nitrogens is 1. The van der Waals surface area contributed by atoms with Crippen LogP contribution in [0.3, 0.4) is 0 Å². The fourth-order valence-corrected chi connectivity index (χ4v) is 5.17. The summed E-state index contributed by atoms with van der Waals surface area (Å²) in [5.74, 6) is -0.234. The average molecular weight is 455 g/mol. The van der Waals surface area contributed by atoms with Gasteiger partial charge in [0.15, 0.2) is 0 Å². The number of carbonyl (C=O) groups is 3. The van der Waals surface area contributed by atoms with E-state index in [2.05, 4.69) is 5.32 Å². The first-order valence-corrected chi connectivity index (χ1v) is 11.1. The molecule has 2 bridgehead atoms. The first kappa shape index (κ1) is 20.8. The maximum Gasteiger partial charge on any atom is 0.325 e. The molecule has 9 heteroatoms. The Bertz CT molecular complexity index is 1150. The molecule has 1 N–H and O–H groups in total. The molecule has 3 atom stereocenters. The Morgan fingerprint density at radius 2 is 1.81 bits per heavy atom. The van der Waals surface area contributed by atoms with Gasteiger partial charge in [0, 0.05) is 42.3 Å². The average Bonchev–Trinajstić information content (AvgIpc) is 3.03. The third-order valence-electron chi connectivity index (χ3n) is 6.57. The Kier molecular flexibility index (Phi) is 5.25. The number of hydrogen-bond acceptors (Lipinski definition) is 4. The normalized spacial score (nSPS) is 24.3. The SMILES string of the molecule is O=C(C[C@@H]1NC(=O)N(Cc2ccc(Cl)cc2)C1=O)N1CC2CC(C1)c1cccc(=O)n1C2. The number of nitrogens with zero attached hydrogens (tertiary/aromatic N) is 3. The van der Waals surface area contributed by atoms with Crippen LogP contribution < -0.4 is 10.9 Å². The number of imide groups is 1. The van der Waals surface area contributed by atoms with E-state index in [1.165, 1.54) is 0 Å². The highest BCUT2D eigenvalue weighted by Gasteiger charge is 2.41. The van der Waals surface area contributed by atoms with Crippen molar-refractivity contribution in [3.63, 3.8) is 0 Å². The maximum atomic E-state index is 13.0. The second kappa shape index (κ2) is 8.09. The van der Waals surface area contributed by atoms with Gasteiger partial charge >= 0.3 is 6.03 Å². The van der Waals surface area contributed by atoms with Gasteiger partial charge in [-0.3, -0.25) is 19.3 Å². The molecule has 2 unspecified atom stereocenters. The van der Waals surface area contributed by atoms with E-state index in [-0.39, 0.29) is 36.3 Å². The molecular weight excluding hydrogens is 432 g/mol. The molecule has 1 aromatic heterocycles. The van der Waals surface area contributed by atoms with Crippen molar-refractivity contribution in [3.8, 4) is 0 Å². The minimum atomic E-state index is -0.862. The van der Waals surface area contributed by atoms with E-state index in [9.17, 15) is 19.2 Å². The van der Waals surface area contributed by atoms with Gasteiger partial charge in [0.2, 0.25) is 5.91 Å². The first-order valence-electron chi connectivity index (χ1n) is 10.7. The van der Waals surface area contributed by atoms with Crippen LogP contribution in [0.25, 0.3) is 0 Å². The van der Waals surface area contributed by atoms with Crippen molar-refractivity contribution >= 4 is 29.4 Å². The Morgan fingerprint density at radius 3 is 2.59 bits per heavy atom. The van der Waals surface area contributed by atoms with Crippen LogP contribution in [0.1, 0.15) is 30.0 Å². The Morgan fingerprint density at radius 1 is 1.03 bits per heavy atom. The number of hydrogen-bond donors (Lipinski definition) is 1. The van der Waals surface area contributed by atoms with Crippen LogP contribution in [-0.2, 0) is 22.7 Å². The predicted octanol–water partition coefficient (Wildman–Crippen LogP) is 1.96. The van der Waals surface area contributed by atoms with Gasteiger partial charge in [-0.15, -0.1) is 0 Å². The lowest BCUT2D eigenvalue weighted by atomic mass is 9.83. The van der Waals surface area contributed by atoms with Gasteiger partial charge in [0.25, 0.3) is 11.5 Å². The molecule has 2 saturated heterocycles. The molecule has 2 aromatic rings. The molecule has 166 valence electrons. The van der Waals surface area contributed by atoms with E-state index in [1.54, 1.807) is 41.3 Å². The van der Waals surface area contributed by atoms with E-state index in [1.807, 2.05) is 10.6 Å². The minimum absolute atomic E-state index is 0.00276. The number of benzene rings is 1. The largest absolute Gasteiger partial charge is 0.342 e. The number of pyridine rings is 1. The predicted molar refractivity (Wildman–Crippen MR) is 117 cm³/mol. The van der Waals surface area contributed by atoms with Gasteiger partial charge < -0.3 is 14.8 Å². The summed E-state index contributed by atoms with van der Waals surface area (Å²) < 4.78 is 1.82. The van der Waals surface area contributed by atoms with Gasteiger partial charge in [0.1, 0.15) is 6.04 Å². The summed E-state index contributed by atoms with van der Waals surface area (Å²) >= 11 is 5.89. The number of urea groups is 1. The number of amides is 4. The van der Waals surface area contributed by atoms with E-state index < -0.39 is 18.0 Å². The maximum absolute atomic E-state index is 13.0. The standard InChI is InChI=1S/C23H23ClN4O4/c24-17-6-4-14(5-7-17)11-28-22(31)18(25-23(28)32)9-21(30)26-10-15-8-16(13-26)19-2-1-3-20(29)27(19)12-15/h1-7,15-16,18H,8-13H2,(H,25,32)/t15?,16?,18-/m0/s1. The molecule has 0 aliphatic carbocycles. The van der Waals surface area contributed by atoms with Crippen molar-refractivity contribution in [3.05, 3.63) is 69.1 Å². The zero-order valence-corrected chi connectivity index (χ0v) is 18.1. The number of nitrogens with one attached hydrogen (secondary N) is 1. The molecular formula is C23H23ClN4O4. The summed E-state index contributed by atoms with van der Waals surface area (Å²) in [6, 6.07) is 10.9. The molecule has 4 amide bonds. The van der Waals surface area contributed by atoms with E-state index in [4.69, 9.17) is 11.6 Å². The molecule has 5 rings (SSSR count). The van der Waals surface area contributed by atoms with Gasteiger partial charge in [-0.2, -0.15) is 0 Å². The number of fused-ring (bicyclic) bond motifs is 4. The molecule has 3 aliphatic heterocycles. The van der Waals surface area contributed by atoms with Crippen LogP contribution in [0.5, 0.6) is 0 Å². The van der Waals surface area contributed by atoms with Crippen molar-refractivity contribution in [2.75, 3.05) is 13.1 Å². The lowest BCUT2D eigenvalue weighted by molar-refractivity contribution is -0.137. The Balaban J connectivity index is 1.25. The van der Waals surface area contributed by atoms with Crippen LogP contribution in [0.2, 0.25) is 5.02 Å². The van der Waals surface area contributed by atoms with Gasteiger partial charge in [-0.1, -0.05) is 29.8 Å². The number of carbonyl (C=O) groups excluding carboxylic acids is 3. The quantitative estimate of drug-likeness (QED) is 0.715. The molecule has 0 saturated carbocycles. The lowest BCUT2D eigenvalue weighted by Crippen LogP contribution is -2.50. The van der Waals surface area contributed by atoms with Crippen molar-refractivity contribution in [1.29, 1.82) is 0 Å². The van der Waals surface area contributed by atoms with Crippen molar-refractivity contribution in [1.82, 2.24) is 19.7 Å². The van der Waals surface area contributed by atoms with E-state index in [0.29, 0.717) is 24.7 Å². The molecule has 1 aromatic carbocycles. The second-order valence-electron chi connectivity index (χ2n) is 8.75. The molecule has 32 heavy (non-hydrogen) atoms. The second-order valence-corrected chi connectivity index (χ2v) is 9.19. The molecule has 8 nitrogen and oxygen atoms in total. The molecule has 0 radical (unpaired) electrons. The van der Waals surface area contributed by atoms with Crippen LogP contribution in [0.4, 0.5) is 4.79 Å². The highest BCUT2D eigenvalue weighted by atomic mass is 35.5. The summed E-state index contributed by atoms with van der Waals surface area (Å²) in [5.41, 5.74) is 1.74. The lowest BCUT2D eigenvalue weighted by Gasteiger charge is -2.43. The summed E-state index contributed by atoms with van der Waals surface area (Å²) in [6.07, 6.45) is 0.879. The summed E-state index contributed by atoms with van der Waals surface area (Å²) in [6.45, 7) is 1.80. The van der Waals surface area contributed by atoms with Crippen LogP contribution in [-0.4, -0.2) is 51.3 Å². The first-order chi connectivity index (χ1) is 15.4. The third-order valence-corrected chi connectivity index (χ3v) is 6.82. The smallest absolute Gasteiger partial charge is 0.325 e. The topological polar surface area (TPSA) is 91.7 Å². The highest BCUT2D eigenvalue weighted by molar-refractivity contribution is 6.30. The van der Waals surface area contributed by atoms with Crippen LogP contribution >= 0.6 is 11.6 Å². The summed E-state index contributed by atoms with van der Waals surface area (Å²) in [4.78, 5) is 53.3. The summed E-state index contributed by atoms with van der Waals surface area (Å²) in [5, 5.41) is 3.22. The molecule has 4 heterocycles. The summed E-state index contributed by atoms with van der Waals surface area (Å²) in [7, 11) is 0. The monoisotopic (exact) mass is 454 g/mol. The third kappa shape index (κ3) is 3.79. The number of piperidine rings is 1. The van der Waals surface area contributed by atoms with Crippen molar-refractivity contribution < 1.29 is 14.4 Å². The van der Waals surface area contributed by atoms with E-state index in [0.717, 1.165) is 22.6 Å². The number of likely N-dealkylation sites (tertiary alicyclic amines) is 1. The zero-order chi connectivity index (χ0) is 22.4. The van der Waals surface area contributed by atoms with Crippen molar-refractivity contribution in [2.45, 2.75) is 37.9 Å². The number of halogens is 1. The molecule has 3 aliphatic rings. The van der Waals surface area contributed by atoms with Gasteiger partial charge in [-0.05, 0) is 36.1 Å². The highest BCUT2D eigenvalue weighted by Crippen LogP contribution is 2.35. The zero-order valence-electron chi connectivity index (χ0n) is 17.4. The minimum Gasteiger partial charge on any atom is -0.342 e. The fourth-order valence-electron chi connectivity index (χ4n) is 5.04. The van der Waals surface area contributed by atoms with Gasteiger partial charge in [-0.25, -0.2) is 4.79 Å². The molecule has 0 spiro atoms. The van der Waals surface area contributed by atoms with Gasteiger partial charge in [0.05, 0.1) is 13.0 Å². The van der Waals surface area contributed by atoms with E-state index >= 15 is 0 Å². The fraction of sp³-hybridized carbons (Fsp3) is 0.391. The van der Waals surface area contributed by atoms with Crippen LogP contribution in [0, 0.1) is 5.92 Å². The Hall–Kier alpha value is -3.13. The van der Waals surface area contributed by atoms with Crippen molar-refractivity contribution in [2.24, 2.45) is 5.92 Å². The molecule has 2 fully saturated rings. The Labute approximate surface area is 189 Å². The number of rotatable bonds is 4. The van der Waals surface area contributed by atoms with Crippen LogP contribution in [0.15, 0.2) is 47.3 Å².